The summed E-state index contributed by atoms with van der Waals surface area (Å²) in [5, 5.41) is 3.60. The number of imide groups is 1. The van der Waals surface area contributed by atoms with Gasteiger partial charge in [0.05, 0.1) is 6.54 Å². The zero-order valence-electron chi connectivity index (χ0n) is 19.2. The van der Waals surface area contributed by atoms with Crippen LogP contribution in [0.15, 0.2) is 48.5 Å². The molecular formula is C25H31N5O2. The van der Waals surface area contributed by atoms with Crippen molar-refractivity contribution in [3.8, 4) is 0 Å². The maximum Gasteiger partial charge on any atom is 0.328 e. The molecule has 4 unspecified atom stereocenters. The smallest absolute Gasteiger partial charge is 0.328 e. The molecule has 0 aliphatic carbocycles. The van der Waals surface area contributed by atoms with Crippen molar-refractivity contribution in [1.82, 2.24) is 20.0 Å². The number of carbonyl (C=O) groups is 2. The number of urea groups is 1. The van der Waals surface area contributed by atoms with E-state index in [1.54, 1.807) is 11.9 Å². The second-order valence-electron chi connectivity index (χ2n) is 9.48. The molecule has 0 spiro atoms. The molecule has 5 rings (SSSR count). The van der Waals surface area contributed by atoms with Gasteiger partial charge in [-0.2, -0.15) is 0 Å². The van der Waals surface area contributed by atoms with Gasteiger partial charge in [-0.05, 0) is 37.0 Å². The number of amides is 3. The van der Waals surface area contributed by atoms with Crippen molar-refractivity contribution >= 4 is 17.6 Å². The Morgan fingerprint density at radius 2 is 1.81 bits per heavy atom. The molecule has 3 saturated heterocycles. The van der Waals surface area contributed by atoms with Gasteiger partial charge in [-0.1, -0.05) is 55.0 Å². The maximum atomic E-state index is 13.7. The van der Waals surface area contributed by atoms with Crippen LogP contribution in [0.1, 0.15) is 23.6 Å². The Morgan fingerprint density at radius 3 is 2.56 bits per heavy atom. The minimum Gasteiger partial charge on any atom is -0.343 e. The number of nitrogens with one attached hydrogen (secondary N) is 1. The van der Waals surface area contributed by atoms with Gasteiger partial charge in [0.1, 0.15) is 18.5 Å². The summed E-state index contributed by atoms with van der Waals surface area (Å²) in [5.74, 6) is 0.279. The Bertz CT molecular complexity index is 1060. The summed E-state index contributed by atoms with van der Waals surface area (Å²) in [7, 11) is 1.79. The van der Waals surface area contributed by atoms with Crippen molar-refractivity contribution in [2.24, 2.45) is 5.92 Å². The van der Waals surface area contributed by atoms with Crippen LogP contribution in [0.25, 0.3) is 0 Å². The first kappa shape index (κ1) is 21.0. The number of carbonyl (C=O) groups excluding carboxylic acids is 2. The second kappa shape index (κ2) is 7.90. The number of hydrogen-bond donors (Lipinski definition) is 1. The average Bonchev–Trinajstić information content (AvgIpc) is 3.15. The highest BCUT2D eigenvalue weighted by molar-refractivity contribution is 6.00. The van der Waals surface area contributed by atoms with Gasteiger partial charge in [0.2, 0.25) is 0 Å². The molecule has 3 heterocycles. The van der Waals surface area contributed by atoms with E-state index in [0.717, 1.165) is 24.2 Å². The highest BCUT2D eigenvalue weighted by Gasteiger charge is 2.56. The molecule has 168 valence electrons. The fourth-order valence-electron chi connectivity index (χ4n) is 5.43. The normalized spacial score (nSPS) is 28.2. The van der Waals surface area contributed by atoms with Gasteiger partial charge in [0.25, 0.3) is 5.91 Å². The van der Waals surface area contributed by atoms with Crippen molar-refractivity contribution in [2.45, 2.75) is 45.8 Å². The Hall–Kier alpha value is -2.90. The summed E-state index contributed by atoms with van der Waals surface area (Å²) in [5.41, 5.74) is 4.45. The number of benzene rings is 2. The third kappa shape index (κ3) is 3.36. The van der Waals surface area contributed by atoms with E-state index in [-0.39, 0.29) is 24.4 Å². The Labute approximate surface area is 189 Å². The molecular weight excluding hydrogens is 402 g/mol. The van der Waals surface area contributed by atoms with Crippen LogP contribution in [0, 0.1) is 19.8 Å². The van der Waals surface area contributed by atoms with Crippen LogP contribution in [0.4, 0.5) is 10.5 Å². The molecule has 7 nitrogen and oxygen atoms in total. The van der Waals surface area contributed by atoms with Gasteiger partial charge in [0, 0.05) is 25.8 Å². The molecule has 1 N–H and O–H groups in total. The van der Waals surface area contributed by atoms with Crippen molar-refractivity contribution in [3.05, 3.63) is 65.2 Å². The molecule has 4 atom stereocenters. The Balaban J connectivity index is 1.47. The predicted molar refractivity (Wildman–Crippen MR) is 124 cm³/mol. The molecule has 0 radical (unpaired) electrons. The van der Waals surface area contributed by atoms with Crippen LogP contribution in [-0.4, -0.2) is 65.3 Å². The standard InChI is InChI=1S/C25H31N5O2/c1-16-8-7-10-19(12-16)15-30-23(31)21-22(27(4)25(30)32)26-24-28(13-17(2)14-29(21)24)20-11-6-5-9-18(20)3/h5-12,17,21-22,24,26H,13-15H2,1-4H3. The number of aryl methyl sites for hydroxylation is 2. The number of anilines is 1. The zero-order chi connectivity index (χ0) is 22.6. The number of hydrogen-bond acceptors (Lipinski definition) is 5. The van der Waals surface area contributed by atoms with Gasteiger partial charge in [0.15, 0.2) is 0 Å². The van der Waals surface area contributed by atoms with E-state index < -0.39 is 6.04 Å². The fraction of sp³-hybridized carbons (Fsp3) is 0.440. The molecule has 3 amide bonds. The van der Waals surface area contributed by atoms with Gasteiger partial charge in [-0.15, -0.1) is 0 Å². The largest absolute Gasteiger partial charge is 0.343 e. The van der Waals surface area contributed by atoms with Crippen LogP contribution in [-0.2, 0) is 11.3 Å². The van der Waals surface area contributed by atoms with E-state index in [1.165, 1.54) is 16.2 Å². The number of nitrogens with zero attached hydrogens (tertiary/aromatic N) is 4. The SMILES string of the molecule is Cc1cccc(CN2C(=O)C3C(NC4N(c5ccccc5C)CC(C)CN34)N(C)C2=O)c1. The summed E-state index contributed by atoms with van der Waals surface area (Å²) >= 11 is 0. The molecule has 3 fully saturated rings. The highest BCUT2D eigenvalue weighted by atomic mass is 16.2. The van der Waals surface area contributed by atoms with E-state index in [0.29, 0.717) is 12.5 Å². The van der Waals surface area contributed by atoms with E-state index in [2.05, 4.69) is 47.2 Å². The van der Waals surface area contributed by atoms with Gasteiger partial charge in [-0.3, -0.25) is 19.9 Å². The summed E-state index contributed by atoms with van der Waals surface area (Å²) in [6, 6.07) is 15.7. The van der Waals surface area contributed by atoms with Crippen LogP contribution < -0.4 is 10.2 Å². The number of fused-ring (bicyclic) bond motifs is 3. The summed E-state index contributed by atoms with van der Waals surface area (Å²) < 4.78 is 0. The van der Waals surface area contributed by atoms with Crippen LogP contribution in [0.2, 0.25) is 0 Å². The number of likely N-dealkylation sites (N-methyl/N-ethyl adjacent to an activating group) is 1. The second-order valence-corrected chi connectivity index (χ2v) is 9.48. The molecule has 2 aromatic carbocycles. The lowest BCUT2D eigenvalue weighted by Crippen LogP contribution is -2.66. The van der Waals surface area contributed by atoms with Crippen molar-refractivity contribution < 1.29 is 9.59 Å². The molecule has 0 bridgehead atoms. The Morgan fingerprint density at radius 1 is 1.03 bits per heavy atom. The van der Waals surface area contributed by atoms with Crippen LogP contribution in [0.5, 0.6) is 0 Å². The summed E-state index contributed by atoms with van der Waals surface area (Å²) in [6.07, 6.45) is -0.467. The van der Waals surface area contributed by atoms with Gasteiger partial charge >= 0.3 is 6.03 Å². The Kier molecular flexibility index (Phi) is 5.18. The molecule has 0 aromatic heterocycles. The lowest BCUT2D eigenvalue weighted by molar-refractivity contribution is -0.139. The van der Waals surface area contributed by atoms with Gasteiger partial charge < -0.3 is 9.80 Å². The van der Waals surface area contributed by atoms with Gasteiger partial charge in [-0.25, -0.2) is 4.79 Å². The van der Waals surface area contributed by atoms with Crippen molar-refractivity contribution in [2.75, 3.05) is 25.0 Å². The lowest BCUT2D eigenvalue weighted by Gasteiger charge is -2.46. The third-order valence-corrected chi connectivity index (χ3v) is 6.93. The maximum absolute atomic E-state index is 13.7. The van der Waals surface area contributed by atoms with Crippen LogP contribution >= 0.6 is 0 Å². The first-order valence-electron chi connectivity index (χ1n) is 11.3. The zero-order valence-corrected chi connectivity index (χ0v) is 19.2. The first-order chi connectivity index (χ1) is 15.3. The fourth-order valence-corrected chi connectivity index (χ4v) is 5.43. The van der Waals surface area contributed by atoms with Crippen LogP contribution in [0.3, 0.4) is 0 Å². The monoisotopic (exact) mass is 433 g/mol. The molecule has 2 aromatic rings. The van der Waals surface area contributed by atoms with Crippen molar-refractivity contribution in [1.29, 1.82) is 0 Å². The van der Waals surface area contributed by atoms with E-state index in [4.69, 9.17) is 0 Å². The third-order valence-electron chi connectivity index (χ3n) is 6.93. The summed E-state index contributed by atoms with van der Waals surface area (Å²) in [4.78, 5) is 34.6. The molecule has 3 aliphatic heterocycles. The average molecular weight is 434 g/mol. The lowest BCUT2D eigenvalue weighted by atomic mass is 10.0. The highest BCUT2D eigenvalue weighted by Crippen LogP contribution is 2.35. The first-order valence-corrected chi connectivity index (χ1v) is 11.3. The van der Waals surface area contributed by atoms with E-state index in [9.17, 15) is 9.59 Å². The molecule has 3 aliphatic rings. The topological polar surface area (TPSA) is 59.1 Å². The minimum atomic E-state index is -0.401. The quantitative estimate of drug-likeness (QED) is 0.807. The number of rotatable bonds is 3. The predicted octanol–water partition coefficient (Wildman–Crippen LogP) is 2.74. The molecule has 0 saturated carbocycles. The molecule has 7 heteroatoms. The van der Waals surface area contributed by atoms with E-state index in [1.807, 2.05) is 37.3 Å². The summed E-state index contributed by atoms with van der Waals surface area (Å²) in [6.45, 7) is 8.37. The van der Waals surface area contributed by atoms with E-state index >= 15 is 0 Å². The number of para-hydroxylation sites is 1. The van der Waals surface area contributed by atoms with Crippen molar-refractivity contribution in [3.63, 3.8) is 0 Å². The molecule has 32 heavy (non-hydrogen) atoms. The minimum absolute atomic E-state index is 0.117.